The van der Waals surface area contributed by atoms with Gasteiger partial charge in [0.25, 0.3) is 0 Å². The number of amides is 1. The number of rotatable bonds is 12. The molecule has 0 aromatic heterocycles. The van der Waals surface area contributed by atoms with Crippen LogP contribution in [0.4, 0.5) is 0 Å². The summed E-state index contributed by atoms with van der Waals surface area (Å²) in [5, 5.41) is 12.2. The van der Waals surface area contributed by atoms with E-state index >= 15 is 0 Å². The van der Waals surface area contributed by atoms with Gasteiger partial charge in [-0.1, -0.05) is 69.2 Å². The van der Waals surface area contributed by atoms with Gasteiger partial charge in [0.2, 0.25) is 5.91 Å². The summed E-state index contributed by atoms with van der Waals surface area (Å²) in [6.45, 7) is 1.04. The monoisotopic (exact) mass is 510 g/mol. The summed E-state index contributed by atoms with van der Waals surface area (Å²) < 4.78 is 12.3. The van der Waals surface area contributed by atoms with Gasteiger partial charge < -0.3 is 19.9 Å². The van der Waals surface area contributed by atoms with Gasteiger partial charge in [-0.2, -0.15) is 0 Å². The number of carbonyl (C=O) groups excluding carboxylic acids is 1. The van der Waals surface area contributed by atoms with Crippen LogP contribution in [0, 0.1) is 17.8 Å². The molecule has 7 nitrogen and oxygen atoms in total. The van der Waals surface area contributed by atoms with Crippen molar-refractivity contribution in [2.75, 3.05) is 13.2 Å². The van der Waals surface area contributed by atoms with Gasteiger partial charge in [-0.3, -0.25) is 9.59 Å². The van der Waals surface area contributed by atoms with Crippen molar-refractivity contribution in [1.82, 2.24) is 5.32 Å². The Balaban J connectivity index is 1.11. The Labute approximate surface area is 220 Å². The van der Waals surface area contributed by atoms with Crippen LogP contribution in [0.3, 0.4) is 0 Å². The quantitative estimate of drug-likeness (QED) is 0.397. The third kappa shape index (κ3) is 6.73. The molecule has 4 aliphatic rings. The number of benzene rings is 1. The lowest BCUT2D eigenvalue weighted by atomic mass is 9.76. The normalized spacial score (nSPS) is 29.2. The summed E-state index contributed by atoms with van der Waals surface area (Å²) in [6.07, 6.45) is 14.7. The van der Waals surface area contributed by atoms with Gasteiger partial charge >= 0.3 is 5.97 Å². The first-order valence-electron chi connectivity index (χ1n) is 14.5. The zero-order chi connectivity index (χ0) is 25.6. The van der Waals surface area contributed by atoms with Gasteiger partial charge in [-0.25, -0.2) is 4.99 Å². The lowest BCUT2D eigenvalue weighted by Crippen LogP contribution is -2.35. The number of nitrogens with one attached hydrogen (secondary N) is 1. The second-order valence-corrected chi connectivity index (χ2v) is 11.5. The summed E-state index contributed by atoms with van der Waals surface area (Å²) in [5.74, 6) is 1.17. The topological polar surface area (TPSA) is 97.2 Å². The number of aliphatic carboxylic acids is 1. The van der Waals surface area contributed by atoms with E-state index in [4.69, 9.17) is 19.6 Å². The van der Waals surface area contributed by atoms with Crippen LogP contribution in [0.1, 0.15) is 81.8 Å². The number of hydrogen-bond acceptors (Lipinski definition) is 5. The van der Waals surface area contributed by atoms with Crippen LogP contribution in [0.2, 0.25) is 0 Å². The van der Waals surface area contributed by atoms with Crippen molar-refractivity contribution < 1.29 is 24.2 Å². The predicted octanol–water partition coefficient (Wildman–Crippen LogP) is 4.70. The molecule has 0 spiro atoms. The highest BCUT2D eigenvalue weighted by Gasteiger charge is 2.52. The lowest BCUT2D eigenvalue weighted by Gasteiger charge is -2.27. The molecular formula is C30H42N2O5. The van der Waals surface area contributed by atoms with Crippen LogP contribution in [0.5, 0.6) is 0 Å². The van der Waals surface area contributed by atoms with E-state index in [9.17, 15) is 9.59 Å². The number of carbonyl (C=O) groups is 2. The first-order chi connectivity index (χ1) is 18.1. The SMILES string of the molecule is O=C(O)Cc1cccc(CC[C@@H]2[C@H](C3=NC(C(=O)NCCCCC4CCCCC4)CO3)[C@H]3CC[C@@H]2O3)c1. The number of hydrogen-bond donors (Lipinski definition) is 2. The van der Waals surface area contributed by atoms with Crippen molar-refractivity contribution in [2.45, 2.75) is 102 Å². The van der Waals surface area contributed by atoms with E-state index in [0.29, 0.717) is 25.0 Å². The molecule has 1 amide bonds. The number of carboxylic acid groups (broad SMARTS) is 1. The summed E-state index contributed by atoms with van der Waals surface area (Å²) in [5.41, 5.74) is 1.98. The lowest BCUT2D eigenvalue weighted by molar-refractivity contribution is -0.136. The summed E-state index contributed by atoms with van der Waals surface area (Å²) in [6, 6.07) is 7.40. The van der Waals surface area contributed by atoms with E-state index in [1.165, 1.54) is 44.9 Å². The molecule has 3 aliphatic heterocycles. The van der Waals surface area contributed by atoms with Crippen molar-refractivity contribution in [3.63, 3.8) is 0 Å². The van der Waals surface area contributed by atoms with Gasteiger partial charge in [0.1, 0.15) is 6.61 Å². The Morgan fingerprint density at radius 1 is 1.00 bits per heavy atom. The van der Waals surface area contributed by atoms with Crippen LogP contribution in [0.25, 0.3) is 0 Å². The maximum atomic E-state index is 12.8. The molecule has 3 fully saturated rings. The van der Waals surface area contributed by atoms with E-state index in [1.807, 2.05) is 18.2 Å². The Kier molecular flexibility index (Phi) is 8.80. The standard InChI is InChI=1S/C30H42N2O5/c33-27(34)18-22-11-6-10-21(17-22)12-13-23-25-14-15-26(37-25)28(23)30-32-24(19-36-30)29(35)31-16-5-4-9-20-7-2-1-3-8-20/h6,10-11,17,20,23-26,28H,1-5,7-9,12-16,18-19H2,(H,31,35)(H,33,34)/t23-,24?,25-,26+,28-/m0/s1. The number of carboxylic acids is 1. The molecule has 202 valence electrons. The highest BCUT2D eigenvalue weighted by Crippen LogP contribution is 2.47. The minimum absolute atomic E-state index is 0.0245. The van der Waals surface area contributed by atoms with E-state index in [2.05, 4.69) is 11.4 Å². The summed E-state index contributed by atoms with van der Waals surface area (Å²) in [4.78, 5) is 28.6. The van der Waals surface area contributed by atoms with Crippen molar-refractivity contribution in [3.8, 4) is 0 Å². The molecule has 37 heavy (non-hydrogen) atoms. The van der Waals surface area contributed by atoms with Gasteiger partial charge in [0.15, 0.2) is 11.9 Å². The first-order valence-corrected chi connectivity index (χ1v) is 14.5. The molecule has 7 heteroatoms. The number of nitrogens with zero attached hydrogens (tertiary/aromatic N) is 1. The van der Waals surface area contributed by atoms with Crippen LogP contribution in [-0.4, -0.2) is 54.3 Å². The van der Waals surface area contributed by atoms with E-state index in [-0.39, 0.29) is 30.5 Å². The molecule has 1 unspecified atom stereocenters. The van der Waals surface area contributed by atoms with Gasteiger partial charge in [-0.05, 0) is 55.1 Å². The molecule has 2 bridgehead atoms. The van der Waals surface area contributed by atoms with Crippen molar-refractivity contribution in [2.24, 2.45) is 22.7 Å². The van der Waals surface area contributed by atoms with Crippen molar-refractivity contribution >= 4 is 17.8 Å². The third-order valence-corrected chi connectivity index (χ3v) is 8.86. The summed E-state index contributed by atoms with van der Waals surface area (Å²) in [7, 11) is 0. The molecule has 5 rings (SSSR count). The van der Waals surface area contributed by atoms with Gasteiger partial charge in [0, 0.05) is 6.54 Å². The van der Waals surface area contributed by atoms with E-state index in [0.717, 1.165) is 49.1 Å². The van der Waals surface area contributed by atoms with Gasteiger partial charge in [-0.15, -0.1) is 0 Å². The molecule has 5 atom stereocenters. The molecule has 3 heterocycles. The molecular weight excluding hydrogens is 468 g/mol. The van der Waals surface area contributed by atoms with E-state index < -0.39 is 12.0 Å². The molecule has 2 saturated heterocycles. The average Bonchev–Trinajstić information content (AvgIpc) is 3.64. The molecule has 1 aromatic carbocycles. The average molecular weight is 511 g/mol. The maximum Gasteiger partial charge on any atom is 0.307 e. The Morgan fingerprint density at radius 2 is 1.81 bits per heavy atom. The zero-order valence-corrected chi connectivity index (χ0v) is 21.9. The fraction of sp³-hybridized carbons (Fsp3) is 0.700. The smallest absolute Gasteiger partial charge is 0.307 e. The Morgan fingerprint density at radius 3 is 2.65 bits per heavy atom. The van der Waals surface area contributed by atoms with Crippen LogP contribution >= 0.6 is 0 Å². The van der Waals surface area contributed by atoms with Crippen LogP contribution in [-0.2, 0) is 31.9 Å². The largest absolute Gasteiger partial charge is 0.481 e. The number of unbranched alkanes of at least 4 members (excludes halogenated alkanes) is 1. The van der Waals surface area contributed by atoms with Crippen LogP contribution in [0.15, 0.2) is 29.3 Å². The van der Waals surface area contributed by atoms with Crippen LogP contribution < -0.4 is 5.32 Å². The number of fused-ring (bicyclic) bond motifs is 2. The Bertz CT molecular complexity index is 972. The fourth-order valence-corrected chi connectivity index (χ4v) is 6.96. The molecule has 0 radical (unpaired) electrons. The summed E-state index contributed by atoms with van der Waals surface area (Å²) >= 11 is 0. The maximum absolute atomic E-state index is 12.8. The molecule has 1 aromatic rings. The first kappa shape index (κ1) is 26.2. The second kappa shape index (κ2) is 12.4. The van der Waals surface area contributed by atoms with Crippen molar-refractivity contribution in [3.05, 3.63) is 35.4 Å². The van der Waals surface area contributed by atoms with Gasteiger partial charge in [0.05, 0.1) is 24.5 Å². The zero-order valence-electron chi connectivity index (χ0n) is 21.9. The minimum atomic E-state index is -0.812. The Hall–Kier alpha value is -2.41. The molecule has 2 N–H and O–H groups in total. The number of aliphatic imine (C=N–C) groups is 1. The minimum Gasteiger partial charge on any atom is -0.481 e. The number of ether oxygens (including phenoxy) is 2. The third-order valence-electron chi connectivity index (χ3n) is 8.86. The highest BCUT2D eigenvalue weighted by molar-refractivity contribution is 5.90. The fourth-order valence-electron chi connectivity index (χ4n) is 6.96. The molecule has 1 aliphatic carbocycles. The highest BCUT2D eigenvalue weighted by atomic mass is 16.5. The predicted molar refractivity (Wildman–Crippen MR) is 142 cm³/mol. The molecule has 1 saturated carbocycles. The van der Waals surface area contributed by atoms with E-state index in [1.54, 1.807) is 0 Å². The number of aryl methyl sites for hydroxylation is 1. The second-order valence-electron chi connectivity index (χ2n) is 11.5. The van der Waals surface area contributed by atoms with Crippen molar-refractivity contribution in [1.29, 1.82) is 0 Å².